The van der Waals surface area contributed by atoms with Gasteiger partial charge in [-0.2, -0.15) is 15.5 Å². The van der Waals surface area contributed by atoms with E-state index < -0.39 is 5.91 Å². The number of aryl methyl sites for hydroxylation is 1. The molecule has 1 saturated heterocycles. The number of hydrogen-bond acceptors (Lipinski definition) is 6. The maximum absolute atomic E-state index is 11.2. The molecule has 0 bridgehead atoms. The fraction of sp³-hybridized carbons (Fsp3) is 0.438. The van der Waals surface area contributed by atoms with Crippen molar-refractivity contribution in [3.8, 4) is 6.07 Å². The van der Waals surface area contributed by atoms with Crippen LogP contribution in [-0.2, 0) is 0 Å². The third-order valence-electron chi connectivity index (χ3n) is 4.56. The van der Waals surface area contributed by atoms with Gasteiger partial charge in [-0.15, -0.1) is 5.10 Å². The van der Waals surface area contributed by atoms with Crippen molar-refractivity contribution in [2.24, 2.45) is 5.73 Å². The van der Waals surface area contributed by atoms with E-state index in [0.717, 1.165) is 36.3 Å². The molecule has 1 amide bonds. The van der Waals surface area contributed by atoms with Gasteiger partial charge in [-0.05, 0) is 38.3 Å². The first-order valence-corrected chi connectivity index (χ1v) is 7.85. The number of anilines is 1. The lowest BCUT2D eigenvalue weighted by molar-refractivity contribution is 0.0995. The Morgan fingerprint density at radius 2 is 2.25 bits per heavy atom. The molecule has 2 aromatic rings. The molecular weight excluding hydrogens is 306 g/mol. The number of aromatic nitrogens is 4. The molecule has 0 radical (unpaired) electrons. The highest BCUT2D eigenvalue weighted by molar-refractivity contribution is 5.90. The number of nitrogens with zero attached hydrogens (tertiary/aromatic N) is 5. The van der Waals surface area contributed by atoms with Gasteiger partial charge in [0.25, 0.3) is 5.91 Å². The predicted molar refractivity (Wildman–Crippen MR) is 87.5 cm³/mol. The van der Waals surface area contributed by atoms with E-state index in [2.05, 4.69) is 31.4 Å². The van der Waals surface area contributed by atoms with Crippen LogP contribution in [0.1, 0.15) is 51.8 Å². The number of carbonyl (C=O) groups is 1. The Hall–Kier alpha value is -2.95. The molecule has 24 heavy (non-hydrogen) atoms. The van der Waals surface area contributed by atoms with E-state index in [1.54, 1.807) is 6.07 Å². The second-order valence-electron chi connectivity index (χ2n) is 6.08. The summed E-state index contributed by atoms with van der Waals surface area (Å²) in [4.78, 5) is 13.3. The van der Waals surface area contributed by atoms with Gasteiger partial charge in [0.2, 0.25) is 0 Å². The molecule has 0 aliphatic carbocycles. The maximum Gasteiger partial charge on any atom is 0.269 e. The lowest BCUT2D eigenvalue weighted by Gasteiger charge is -2.33. The van der Waals surface area contributed by atoms with Gasteiger partial charge in [-0.3, -0.25) is 9.89 Å². The van der Waals surface area contributed by atoms with E-state index >= 15 is 0 Å². The summed E-state index contributed by atoms with van der Waals surface area (Å²) in [5.74, 6) is 0.256. The van der Waals surface area contributed by atoms with Crippen molar-refractivity contribution < 1.29 is 4.79 Å². The first-order chi connectivity index (χ1) is 11.5. The molecule has 0 aromatic carbocycles. The minimum atomic E-state index is -0.544. The minimum Gasteiger partial charge on any atom is -0.364 e. The number of nitriles is 1. The van der Waals surface area contributed by atoms with Crippen molar-refractivity contribution in [2.45, 2.75) is 32.6 Å². The molecule has 1 aliphatic heterocycles. The van der Waals surface area contributed by atoms with Crippen molar-refractivity contribution in [2.75, 3.05) is 18.0 Å². The molecule has 3 N–H and O–H groups in total. The number of rotatable bonds is 3. The van der Waals surface area contributed by atoms with Crippen LogP contribution in [0.3, 0.4) is 0 Å². The van der Waals surface area contributed by atoms with Crippen molar-refractivity contribution in [3.63, 3.8) is 0 Å². The number of aromatic amines is 1. The first kappa shape index (κ1) is 15.9. The zero-order chi connectivity index (χ0) is 17.3. The number of carbonyl (C=O) groups excluding carboxylic acids is 1. The lowest BCUT2D eigenvalue weighted by atomic mass is 9.94. The van der Waals surface area contributed by atoms with Crippen LogP contribution < -0.4 is 10.6 Å². The number of nitrogens with one attached hydrogen (secondary N) is 1. The SMILES string of the molecule is Cc1nnc(N2CCCC(c3cc(C(N)=O)n[nH]3)C2)c(C#N)c1C. The fourth-order valence-corrected chi connectivity index (χ4v) is 3.05. The number of amides is 1. The van der Waals surface area contributed by atoms with E-state index in [-0.39, 0.29) is 11.6 Å². The van der Waals surface area contributed by atoms with Crippen molar-refractivity contribution in [3.05, 3.63) is 34.3 Å². The number of hydrogen-bond donors (Lipinski definition) is 2. The first-order valence-electron chi connectivity index (χ1n) is 7.85. The molecule has 8 nitrogen and oxygen atoms in total. The quantitative estimate of drug-likeness (QED) is 0.872. The number of H-pyrrole nitrogens is 1. The molecular formula is C16H19N7O. The standard InChI is InChI=1S/C16H19N7O/c1-9-10(2)19-22-16(12(9)7-17)23-5-3-4-11(8-23)13-6-14(15(18)24)21-20-13/h6,11H,3-5,8H2,1-2H3,(H2,18,24)(H,20,21). The van der Waals surface area contributed by atoms with Gasteiger partial charge in [0.1, 0.15) is 17.3 Å². The number of piperidine rings is 1. The largest absolute Gasteiger partial charge is 0.364 e. The van der Waals surface area contributed by atoms with E-state index in [1.807, 2.05) is 13.8 Å². The zero-order valence-corrected chi connectivity index (χ0v) is 13.7. The van der Waals surface area contributed by atoms with E-state index in [4.69, 9.17) is 5.73 Å². The Morgan fingerprint density at radius 1 is 1.46 bits per heavy atom. The molecule has 0 spiro atoms. The molecule has 3 rings (SSSR count). The second kappa shape index (κ2) is 6.28. The second-order valence-corrected chi connectivity index (χ2v) is 6.08. The third kappa shape index (κ3) is 2.80. The molecule has 124 valence electrons. The Bertz CT molecular complexity index is 820. The van der Waals surface area contributed by atoms with Crippen LogP contribution in [0.15, 0.2) is 6.07 Å². The molecule has 1 aliphatic rings. The molecule has 0 saturated carbocycles. The van der Waals surface area contributed by atoms with Gasteiger partial charge in [-0.25, -0.2) is 0 Å². The summed E-state index contributed by atoms with van der Waals surface area (Å²) in [6.45, 7) is 5.24. The zero-order valence-electron chi connectivity index (χ0n) is 13.7. The summed E-state index contributed by atoms with van der Waals surface area (Å²) in [6.07, 6.45) is 1.92. The van der Waals surface area contributed by atoms with Crippen LogP contribution in [0.25, 0.3) is 0 Å². The monoisotopic (exact) mass is 325 g/mol. The Balaban J connectivity index is 1.87. The summed E-state index contributed by atoms with van der Waals surface area (Å²) >= 11 is 0. The summed E-state index contributed by atoms with van der Waals surface area (Å²) in [7, 11) is 0. The molecule has 2 aromatic heterocycles. The molecule has 8 heteroatoms. The minimum absolute atomic E-state index is 0.175. The molecule has 1 unspecified atom stereocenters. The van der Waals surface area contributed by atoms with Crippen LogP contribution in [-0.4, -0.2) is 39.4 Å². The highest BCUT2D eigenvalue weighted by atomic mass is 16.1. The van der Waals surface area contributed by atoms with Crippen molar-refractivity contribution in [1.29, 1.82) is 5.26 Å². The highest BCUT2D eigenvalue weighted by Crippen LogP contribution is 2.30. The molecule has 3 heterocycles. The molecule has 1 fully saturated rings. The van der Waals surface area contributed by atoms with Crippen LogP contribution >= 0.6 is 0 Å². The summed E-state index contributed by atoms with van der Waals surface area (Å²) in [5, 5.41) is 24.8. The Kier molecular flexibility index (Phi) is 4.16. The summed E-state index contributed by atoms with van der Waals surface area (Å²) in [5.41, 5.74) is 8.58. The predicted octanol–water partition coefficient (Wildman–Crippen LogP) is 1.17. The Morgan fingerprint density at radius 3 is 2.92 bits per heavy atom. The van der Waals surface area contributed by atoms with E-state index in [0.29, 0.717) is 17.9 Å². The van der Waals surface area contributed by atoms with Crippen LogP contribution in [0, 0.1) is 25.2 Å². The van der Waals surface area contributed by atoms with Crippen LogP contribution in [0.2, 0.25) is 0 Å². The Labute approximate surface area is 139 Å². The summed E-state index contributed by atoms with van der Waals surface area (Å²) in [6, 6.07) is 3.95. The van der Waals surface area contributed by atoms with Crippen LogP contribution in [0.4, 0.5) is 5.82 Å². The van der Waals surface area contributed by atoms with Gasteiger partial charge in [0, 0.05) is 24.7 Å². The topological polar surface area (TPSA) is 125 Å². The average Bonchev–Trinajstić information content (AvgIpc) is 3.07. The number of primary amides is 1. The van der Waals surface area contributed by atoms with E-state index in [1.165, 1.54) is 0 Å². The smallest absolute Gasteiger partial charge is 0.269 e. The van der Waals surface area contributed by atoms with Gasteiger partial charge in [0.15, 0.2) is 5.82 Å². The van der Waals surface area contributed by atoms with Gasteiger partial charge in [-0.1, -0.05) is 0 Å². The molecule has 1 atom stereocenters. The van der Waals surface area contributed by atoms with Crippen LogP contribution in [0.5, 0.6) is 0 Å². The van der Waals surface area contributed by atoms with E-state index in [9.17, 15) is 10.1 Å². The lowest BCUT2D eigenvalue weighted by Crippen LogP contribution is -2.36. The van der Waals surface area contributed by atoms with Crippen molar-refractivity contribution in [1.82, 2.24) is 20.4 Å². The normalized spacial score (nSPS) is 17.5. The third-order valence-corrected chi connectivity index (χ3v) is 4.56. The fourth-order valence-electron chi connectivity index (χ4n) is 3.05. The number of nitrogens with two attached hydrogens (primary N) is 1. The summed E-state index contributed by atoms with van der Waals surface area (Å²) < 4.78 is 0. The van der Waals surface area contributed by atoms with Gasteiger partial charge < -0.3 is 10.6 Å². The average molecular weight is 325 g/mol. The van der Waals surface area contributed by atoms with Crippen molar-refractivity contribution >= 4 is 11.7 Å². The van der Waals surface area contributed by atoms with Gasteiger partial charge in [0.05, 0.1) is 5.69 Å². The maximum atomic E-state index is 11.2. The van der Waals surface area contributed by atoms with Gasteiger partial charge >= 0.3 is 0 Å². The highest BCUT2D eigenvalue weighted by Gasteiger charge is 2.27.